The number of rotatable bonds is 6. The van der Waals surface area contributed by atoms with Crippen molar-refractivity contribution in [3.05, 3.63) is 50.0 Å². The Balaban J connectivity index is 2.17. The lowest BCUT2D eigenvalue weighted by atomic mass is 10.1. The summed E-state index contributed by atoms with van der Waals surface area (Å²) >= 11 is 1.50. The average molecular weight is 307 g/mol. The van der Waals surface area contributed by atoms with Gasteiger partial charge in [-0.25, -0.2) is 9.78 Å². The van der Waals surface area contributed by atoms with Gasteiger partial charge in [0.25, 0.3) is 5.69 Å². The van der Waals surface area contributed by atoms with Crippen LogP contribution in [0.25, 0.3) is 0 Å². The zero-order valence-electron chi connectivity index (χ0n) is 11.2. The van der Waals surface area contributed by atoms with E-state index >= 15 is 0 Å². The molecule has 0 amide bonds. The third-order valence-corrected chi connectivity index (χ3v) is 3.80. The Bertz CT molecular complexity index is 652. The molecule has 7 nitrogen and oxygen atoms in total. The number of nitrogens with one attached hydrogen (secondary N) is 1. The summed E-state index contributed by atoms with van der Waals surface area (Å²) in [6, 6.07) is 3.98. The fraction of sp³-hybridized carbons (Fsp3) is 0.231. The fourth-order valence-electron chi connectivity index (χ4n) is 1.87. The van der Waals surface area contributed by atoms with Crippen LogP contribution >= 0.6 is 11.3 Å². The average Bonchev–Trinajstić information content (AvgIpc) is 2.84. The molecule has 8 heteroatoms. The number of aromatic nitrogens is 1. The minimum atomic E-state index is -1.20. The second kappa shape index (κ2) is 6.31. The zero-order chi connectivity index (χ0) is 15.4. The van der Waals surface area contributed by atoms with Crippen molar-refractivity contribution in [3.63, 3.8) is 0 Å². The first-order valence-electron chi connectivity index (χ1n) is 6.14. The molecule has 0 aliphatic rings. The number of nitro groups is 1. The van der Waals surface area contributed by atoms with E-state index in [9.17, 15) is 14.9 Å². The molecular weight excluding hydrogens is 294 g/mol. The second-order valence-electron chi connectivity index (χ2n) is 4.32. The SMILES string of the molecule is Cc1csc(CCNc2c(C(=O)O)cccc2[N+](=O)[O-])n1. The predicted molar refractivity (Wildman–Crippen MR) is 79.1 cm³/mol. The highest BCUT2D eigenvalue weighted by molar-refractivity contribution is 7.09. The van der Waals surface area contributed by atoms with Gasteiger partial charge < -0.3 is 10.4 Å². The summed E-state index contributed by atoms with van der Waals surface area (Å²) in [4.78, 5) is 25.8. The summed E-state index contributed by atoms with van der Waals surface area (Å²) < 4.78 is 0. The largest absolute Gasteiger partial charge is 0.478 e. The van der Waals surface area contributed by atoms with Crippen LogP contribution in [0.2, 0.25) is 0 Å². The summed E-state index contributed by atoms with van der Waals surface area (Å²) in [5, 5.41) is 25.8. The Morgan fingerprint density at radius 1 is 1.52 bits per heavy atom. The number of thiazole rings is 1. The molecule has 0 fully saturated rings. The molecule has 21 heavy (non-hydrogen) atoms. The van der Waals surface area contributed by atoms with Crippen molar-refractivity contribution in [1.29, 1.82) is 0 Å². The maximum atomic E-state index is 11.2. The van der Waals surface area contributed by atoms with Crippen LogP contribution in [0, 0.1) is 17.0 Å². The summed E-state index contributed by atoms with van der Waals surface area (Å²) in [5.74, 6) is -1.20. The van der Waals surface area contributed by atoms with E-state index < -0.39 is 10.9 Å². The van der Waals surface area contributed by atoms with Crippen molar-refractivity contribution in [2.45, 2.75) is 13.3 Å². The van der Waals surface area contributed by atoms with Gasteiger partial charge in [0.05, 0.1) is 15.5 Å². The molecule has 2 N–H and O–H groups in total. The first-order valence-corrected chi connectivity index (χ1v) is 7.02. The Morgan fingerprint density at radius 3 is 2.86 bits per heavy atom. The first kappa shape index (κ1) is 14.9. The van der Waals surface area contributed by atoms with Crippen molar-refractivity contribution >= 4 is 28.7 Å². The van der Waals surface area contributed by atoms with E-state index in [0.29, 0.717) is 13.0 Å². The van der Waals surface area contributed by atoms with Gasteiger partial charge in [0, 0.05) is 30.1 Å². The number of anilines is 1. The number of nitrogens with zero attached hydrogens (tertiary/aromatic N) is 2. The van der Waals surface area contributed by atoms with Crippen LogP contribution in [0.4, 0.5) is 11.4 Å². The van der Waals surface area contributed by atoms with Crippen LogP contribution in [0.15, 0.2) is 23.6 Å². The molecule has 0 aliphatic carbocycles. The molecule has 2 aromatic rings. The number of para-hydroxylation sites is 1. The third kappa shape index (κ3) is 3.54. The van der Waals surface area contributed by atoms with Gasteiger partial charge in [-0.3, -0.25) is 10.1 Å². The number of carboxylic acid groups (broad SMARTS) is 1. The Hall–Kier alpha value is -2.48. The van der Waals surface area contributed by atoms with E-state index in [1.165, 1.54) is 29.5 Å². The summed E-state index contributed by atoms with van der Waals surface area (Å²) in [7, 11) is 0. The number of aryl methyl sites for hydroxylation is 1. The minimum absolute atomic E-state index is 0.0308. The van der Waals surface area contributed by atoms with Gasteiger partial charge in [-0.2, -0.15) is 0 Å². The number of carboxylic acids is 1. The molecule has 2 rings (SSSR count). The lowest BCUT2D eigenvalue weighted by Gasteiger charge is -2.09. The molecule has 0 radical (unpaired) electrons. The van der Waals surface area contributed by atoms with Crippen LogP contribution in [0.3, 0.4) is 0 Å². The smallest absolute Gasteiger partial charge is 0.338 e. The lowest BCUT2D eigenvalue weighted by molar-refractivity contribution is -0.384. The first-order chi connectivity index (χ1) is 9.99. The molecule has 1 heterocycles. The molecule has 1 aromatic carbocycles. The Morgan fingerprint density at radius 2 is 2.29 bits per heavy atom. The highest BCUT2D eigenvalue weighted by Gasteiger charge is 2.20. The third-order valence-electron chi connectivity index (χ3n) is 2.78. The molecule has 1 aromatic heterocycles. The van der Waals surface area contributed by atoms with E-state index in [0.717, 1.165) is 10.7 Å². The van der Waals surface area contributed by atoms with E-state index in [4.69, 9.17) is 5.11 Å². The van der Waals surface area contributed by atoms with E-state index in [2.05, 4.69) is 10.3 Å². The number of benzene rings is 1. The monoisotopic (exact) mass is 307 g/mol. The summed E-state index contributed by atoms with van der Waals surface area (Å²) in [6.07, 6.45) is 0.573. The number of nitro benzene ring substituents is 1. The van der Waals surface area contributed by atoms with Crippen molar-refractivity contribution in [1.82, 2.24) is 4.98 Å². The quantitative estimate of drug-likeness (QED) is 0.628. The van der Waals surface area contributed by atoms with Gasteiger partial charge in [0.2, 0.25) is 0 Å². The van der Waals surface area contributed by atoms with Crippen LogP contribution in [0.1, 0.15) is 21.1 Å². The summed E-state index contributed by atoms with van der Waals surface area (Å²) in [6.45, 7) is 2.26. The molecular formula is C13H13N3O4S. The van der Waals surface area contributed by atoms with Crippen molar-refractivity contribution in [2.24, 2.45) is 0 Å². The van der Waals surface area contributed by atoms with E-state index in [-0.39, 0.29) is 16.9 Å². The van der Waals surface area contributed by atoms with Gasteiger partial charge in [0.1, 0.15) is 5.69 Å². The van der Waals surface area contributed by atoms with Crippen LogP contribution in [-0.4, -0.2) is 27.5 Å². The minimum Gasteiger partial charge on any atom is -0.478 e. The molecule has 0 bridgehead atoms. The fourth-order valence-corrected chi connectivity index (χ4v) is 2.64. The number of hydrogen-bond donors (Lipinski definition) is 2. The van der Waals surface area contributed by atoms with Crippen molar-refractivity contribution in [2.75, 3.05) is 11.9 Å². The topological polar surface area (TPSA) is 105 Å². The highest BCUT2D eigenvalue weighted by atomic mass is 32.1. The zero-order valence-corrected chi connectivity index (χ0v) is 12.0. The van der Waals surface area contributed by atoms with Crippen molar-refractivity contribution in [3.8, 4) is 0 Å². The molecule has 0 unspecified atom stereocenters. The number of carbonyl (C=O) groups is 1. The molecule has 0 saturated carbocycles. The van der Waals surface area contributed by atoms with Crippen LogP contribution in [0.5, 0.6) is 0 Å². The van der Waals surface area contributed by atoms with Crippen LogP contribution in [-0.2, 0) is 6.42 Å². The maximum absolute atomic E-state index is 11.2. The molecule has 0 saturated heterocycles. The number of hydrogen-bond acceptors (Lipinski definition) is 6. The maximum Gasteiger partial charge on any atom is 0.338 e. The predicted octanol–water partition coefficient (Wildman–Crippen LogP) is 2.71. The Kier molecular flexibility index (Phi) is 4.49. The lowest BCUT2D eigenvalue weighted by Crippen LogP contribution is -2.11. The molecule has 0 aliphatic heterocycles. The highest BCUT2D eigenvalue weighted by Crippen LogP contribution is 2.28. The van der Waals surface area contributed by atoms with Gasteiger partial charge in [0.15, 0.2) is 0 Å². The molecule has 110 valence electrons. The van der Waals surface area contributed by atoms with Gasteiger partial charge in [-0.1, -0.05) is 6.07 Å². The van der Waals surface area contributed by atoms with Gasteiger partial charge >= 0.3 is 5.97 Å². The van der Waals surface area contributed by atoms with Gasteiger partial charge in [-0.15, -0.1) is 11.3 Å². The normalized spacial score (nSPS) is 10.3. The van der Waals surface area contributed by atoms with E-state index in [1.807, 2.05) is 12.3 Å². The van der Waals surface area contributed by atoms with Crippen LogP contribution < -0.4 is 5.32 Å². The summed E-state index contributed by atoms with van der Waals surface area (Å²) in [5.41, 5.74) is 0.597. The number of aromatic carboxylic acids is 1. The molecule has 0 spiro atoms. The van der Waals surface area contributed by atoms with Crippen molar-refractivity contribution < 1.29 is 14.8 Å². The molecule has 0 atom stereocenters. The second-order valence-corrected chi connectivity index (χ2v) is 5.26. The standard InChI is InChI=1S/C13H13N3O4S/c1-8-7-21-11(15-8)5-6-14-12-9(13(17)18)3-2-4-10(12)16(19)20/h2-4,7,14H,5-6H2,1H3,(H,17,18). The van der Waals surface area contributed by atoms with E-state index in [1.54, 1.807) is 0 Å². The Labute approximate surface area is 124 Å². The van der Waals surface area contributed by atoms with Gasteiger partial charge in [-0.05, 0) is 13.0 Å².